The predicted octanol–water partition coefficient (Wildman–Crippen LogP) is 3.95. The third-order valence-corrected chi connectivity index (χ3v) is 7.37. The summed E-state index contributed by atoms with van der Waals surface area (Å²) >= 11 is 6.31. The highest BCUT2D eigenvalue weighted by Crippen LogP contribution is 2.56. The van der Waals surface area contributed by atoms with E-state index in [1.807, 2.05) is 48.4 Å². The molecule has 2 fully saturated rings. The predicted molar refractivity (Wildman–Crippen MR) is 122 cm³/mol. The highest BCUT2D eigenvalue weighted by molar-refractivity contribution is 6.30. The Morgan fingerprint density at radius 2 is 2.00 bits per heavy atom. The van der Waals surface area contributed by atoms with Crippen molar-refractivity contribution in [1.29, 1.82) is 0 Å². The summed E-state index contributed by atoms with van der Waals surface area (Å²) in [6.07, 6.45) is 4.53. The molecule has 0 bridgehead atoms. The number of hydrogen-bond donors (Lipinski definition) is 0. The van der Waals surface area contributed by atoms with Crippen LogP contribution in [0.5, 0.6) is 0 Å². The van der Waals surface area contributed by atoms with Crippen LogP contribution in [-0.2, 0) is 17.9 Å². The minimum Gasteiger partial charge on any atom is -0.355 e. The van der Waals surface area contributed by atoms with Crippen LogP contribution in [0.1, 0.15) is 49.3 Å². The van der Waals surface area contributed by atoms with E-state index in [2.05, 4.69) is 30.7 Å². The third kappa shape index (κ3) is 3.10. The topological polar surface area (TPSA) is 67.2 Å². The number of pyridine rings is 1. The number of aromatic nitrogens is 4. The summed E-state index contributed by atoms with van der Waals surface area (Å²) in [4.78, 5) is 21.2. The largest absolute Gasteiger partial charge is 0.355 e. The molecule has 2 aromatic heterocycles. The molecule has 3 aliphatic rings. The van der Waals surface area contributed by atoms with E-state index in [0.717, 1.165) is 54.6 Å². The van der Waals surface area contributed by atoms with Gasteiger partial charge in [-0.2, -0.15) is 0 Å². The number of carbonyl (C=O) groups excluding carboxylic acids is 1. The van der Waals surface area contributed by atoms with Gasteiger partial charge in [-0.05, 0) is 48.7 Å². The lowest BCUT2D eigenvalue weighted by atomic mass is 9.57. The summed E-state index contributed by atoms with van der Waals surface area (Å²) < 4.78 is 2.18. The number of fused-ring (bicyclic) bond motifs is 3. The second-order valence-electron chi connectivity index (χ2n) is 9.34. The first kappa shape index (κ1) is 19.7. The van der Waals surface area contributed by atoms with Crippen LogP contribution in [0.2, 0.25) is 5.02 Å². The summed E-state index contributed by atoms with van der Waals surface area (Å²) in [7, 11) is 0. The van der Waals surface area contributed by atoms with Crippen LogP contribution in [0.25, 0.3) is 5.69 Å². The van der Waals surface area contributed by atoms with E-state index in [4.69, 9.17) is 11.6 Å². The maximum absolute atomic E-state index is 12.5. The van der Waals surface area contributed by atoms with E-state index in [-0.39, 0.29) is 5.91 Å². The third-order valence-electron chi connectivity index (χ3n) is 7.14. The van der Waals surface area contributed by atoms with Crippen LogP contribution < -0.4 is 4.90 Å². The molecule has 32 heavy (non-hydrogen) atoms. The molecule has 0 radical (unpaired) electrons. The Hall–Kier alpha value is -2.93. The maximum atomic E-state index is 12.5. The Bertz CT molecular complexity index is 1180. The molecule has 164 valence electrons. The number of anilines is 1. The smallest absolute Gasteiger partial charge is 0.222 e. The van der Waals surface area contributed by atoms with Crippen molar-refractivity contribution in [2.45, 2.75) is 45.2 Å². The molecule has 8 heteroatoms. The van der Waals surface area contributed by atoms with Crippen molar-refractivity contribution in [1.82, 2.24) is 24.6 Å². The van der Waals surface area contributed by atoms with Gasteiger partial charge in [0.05, 0.1) is 12.2 Å². The zero-order chi connectivity index (χ0) is 21.9. The van der Waals surface area contributed by atoms with Crippen LogP contribution in [0.4, 0.5) is 5.82 Å². The van der Waals surface area contributed by atoms with Crippen LogP contribution in [0.3, 0.4) is 0 Å². The van der Waals surface area contributed by atoms with Crippen LogP contribution >= 0.6 is 11.6 Å². The molecule has 1 saturated heterocycles. The van der Waals surface area contributed by atoms with Crippen molar-refractivity contribution in [3.8, 4) is 5.69 Å². The molecule has 6 rings (SSSR count). The zero-order valence-corrected chi connectivity index (χ0v) is 18.8. The monoisotopic (exact) mass is 448 g/mol. The first-order valence-electron chi connectivity index (χ1n) is 11.2. The second kappa shape index (κ2) is 7.30. The molecule has 7 nitrogen and oxygen atoms in total. The van der Waals surface area contributed by atoms with Crippen molar-refractivity contribution in [2.75, 3.05) is 18.0 Å². The lowest BCUT2D eigenvalue weighted by Gasteiger charge is -2.59. The van der Waals surface area contributed by atoms with E-state index < -0.39 is 0 Å². The fraction of sp³-hybridized carbons (Fsp3) is 0.417. The van der Waals surface area contributed by atoms with E-state index in [1.54, 1.807) is 0 Å². The molecule has 1 amide bonds. The molecule has 0 N–H and O–H groups in total. The average molecular weight is 449 g/mol. The van der Waals surface area contributed by atoms with Crippen molar-refractivity contribution in [3.05, 3.63) is 64.8 Å². The van der Waals surface area contributed by atoms with Gasteiger partial charge in [0.25, 0.3) is 0 Å². The van der Waals surface area contributed by atoms with Gasteiger partial charge in [-0.3, -0.25) is 9.36 Å². The van der Waals surface area contributed by atoms with Gasteiger partial charge in [-0.1, -0.05) is 24.6 Å². The maximum Gasteiger partial charge on any atom is 0.222 e. The number of benzene rings is 1. The number of rotatable bonds is 3. The summed E-state index contributed by atoms with van der Waals surface area (Å²) in [5, 5.41) is 9.83. The summed E-state index contributed by atoms with van der Waals surface area (Å²) in [6, 6.07) is 12.0. The molecule has 3 aromatic rings. The molecule has 0 atom stereocenters. The van der Waals surface area contributed by atoms with Gasteiger partial charge in [0, 0.05) is 48.6 Å². The lowest BCUT2D eigenvalue weighted by molar-refractivity contribution is -0.132. The quantitative estimate of drug-likeness (QED) is 0.606. The normalized spacial score (nSPS) is 19.1. The second-order valence-corrected chi connectivity index (χ2v) is 9.77. The highest BCUT2D eigenvalue weighted by Gasteiger charge is 2.54. The highest BCUT2D eigenvalue weighted by atomic mass is 35.5. The molecule has 1 aromatic carbocycles. The summed E-state index contributed by atoms with van der Waals surface area (Å²) in [5.41, 5.74) is 2.44. The summed E-state index contributed by atoms with van der Waals surface area (Å²) in [5.74, 6) is 3.38. The Kier molecular flexibility index (Phi) is 4.50. The molecule has 1 spiro atoms. The van der Waals surface area contributed by atoms with Crippen molar-refractivity contribution in [3.63, 3.8) is 0 Å². The first-order valence-corrected chi connectivity index (χ1v) is 11.6. The van der Waals surface area contributed by atoms with Crippen molar-refractivity contribution >= 4 is 23.3 Å². The minimum absolute atomic E-state index is 0.112. The molecule has 0 unspecified atom stereocenters. The van der Waals surface area contributed by atoms with Crippen molar-refractivity contribution < 1.29 is 4.79 Å². The van der Waals surface area contributed by atoms with E-state index in [9.17, 15) is 4.79 Å². The average Bonchev–Trinajstić information content (AvgIpc) is 3.07. The van der Waals surface area contributed by atoms with Gasteiger partial charge < -0.3 is 9.80 Å². The molecule has 2 aliphatic heterocycles. The van der Waals surface area contributed by atoms with Gasteiger partial charge >= 0.3 is 0 Å². The van der Waals surface area contributed by atoms with E-state index in [1.165, 1.54) is 0 Å². The number of hydrogen-bond acceptors (Lipinski definition) is 5. The number of amides is 1. The van der Waals surface area contributed by atoms with Crippen LogP contribution in [0, 0.1) is 5.41 Å². The van der Waals surface area contributed by atoms with Crippen molar-refractivity contribution in [2.24, 2.45) is 5.41 Å². The van der Waals surface area contributed by atoms with E-state index >= 15 is 0 Å². The van der Waals surface area contributed by atoms with Gasteiger partial charge in [0.2, 0.25) is 5.91 Å². The SMILES string of the molecule is CCC(=O)N1Cc2cc(Cl)ccc2-n2c(nnc2C2CC3(C2)CN(c2ccccn2)C3)C1. The first-order chi connectivity index (χ1) is 15.5. The molecule has 4 heterocycles. The fourth-order valence-electron chi connectivity index (χ4n) is 5.58. The van der Waals surface area contributed by atoms with Gasteiger partial charge in [0.15, 0.2) is 5.82 Å². The Morgan fingerprint density at radius 1 is 1.16 bits per heavy atom. The minimum atomic E-state index is 0.112. The van der Waals surface area contributed by atoms with Gasteiger partial charge in [-0.15, -0.1) is 10.2 Å². The Balaban J connectivity index is 1.27. The summed E-state index contributed by atoms with van der Waals surface area (Å²) in [6.45, 7) is 5.00. The number of halogens is 1. The molecular weight excluding hydrogens is 424 g/mol. The zero-order valence-electron chi connectivity index (χ0n) is 18.0. The Labute approximate surface area is 192 Å². The van der Waals surface area contributed by atoms with E-state index in [0.29, 0.717) is 35.9 Å². The molecular formula is C24H25ClN6O. The van der Waals surface area contributed by atoms with Crippen LogP contribution in [-0.4, -0.2) is 43.6 Å². The van der Waals surface area contributed by atoms with Gasteiger partial charge in [-0.25, -0.2) is 4.98 Å². The fourth-order valence-corrected chi connectivity index (χ4v) is 5.78. The Morgan fingerprint density at radius 3 is 2.75 bits per heavy atom. The standard InChI is InChI=1S/C24H25ClN6O/c1-2-22(32)29-12-16-9-18(25)6-7-19(16)31-21(13-29)27-28-23(31)17-10-24(11-17)14-30(15-24)20-5-3-4-8-26-20/h3-9,17H,2,10-15H2,1H3. The molecule has 1 aliphatic carbocycles. The molecule has 1 saturated carbocycles. The van der Waals surface area contributed by atoms with Gasteiger partial charge in [0.1, 0.15) is 11.6 Å². The lowest BCUT2D eigenvalue weighted by Crippen LogP contribution is -2.62. The number of carbonyl (C=O) groups is 1. The number of nitrogens with zero attached hydrogens (tertiary/aromatic N) is 6. The van der Waals surface area contributed by atoms with Crippen LogP contribution in [0.15, 0.2) is 42.6 Å².